The Labute approximate surface area is 210 Å². The van der Waals surface area contributed by atoms with Gasteiger partial charge >= 0.3 is 6.03 Å². The molecule has 35 heavy (non-hydrogen) atoms. The van der Waals surface area contributed by atoms with E-state index in [4.69, 9.17) is 5.26 Å². The number of hydrogen-bond acceptors (Lipinski definition) is 6. The van der Waals surface area contributed by atoms with Crippen molar-refractivity contribution in [2.75, 3.05) is 13.6 Å². The van der Waals surface area contributed by atoms with E-state index in [1.54, 1.807) is 6.92 Å². The first kappa shape index (κ1) is 26.4. The van der Waals surface area contributed by atoms with Crippen LogP contribution < -0.4 is 21.3 Å². The van der Waals surface area contributed by atoms with Crippen LogP contribution in [0.25, 0.3) is 10.2 Å². The summed E-state index contributed by atoms with van der Waals surface area (Å²) in [7, 11) is 1.50. The van der Waals surface area contributed by atoms with E-state index >= 15 is 0 Å². The van der Waals surface area contributed by atoms with Crippen molar-refractivity contribution < 1.29 is 14.4 Å². The predicted molar refractivity (Wildman–Crippen MR) is 136 cm³/mol. The molecular formula is C25H34N6O3S. The molecule has 0 bridgehead atoms. The lowest BCUT2D eigenvalue weighted by Gasteiger charge is -2.27. The quantitative estimate of drug-likeness (QED) is 0.399. The van der Waals surface area contributed by atoms with E-state index < -0.39 is 18.0 Å². The van der Waals surface area contributed by atoms with Crippen LogP contribution in [-0.4, -0.2) is 48.5 Å². The van der Waals surface area contributed by atoms with E-state index in [-0.39, 0.29) is 36.7 Å². The van der Waals surface area contributed by atoms with E-state index in [0.717, 1.165) is 47.3 Å². The standard InChI is InChI=1S/C25H34N6O3S/c1-4-16-9-10-18-21(11-16)35-22(29-18)12-19(31-25(34)27-3)24(33)30-20(17-7-5-6-8-17)14-28-23(32)15(2)13-26/h9-11,15,17,19-20H,4-8,12,14H2,1-3H3,(H,28,32)(H,30,33)(H2,27,31,34)/t15?,19-,20+/m0/s1. The molecule has 0 spiro atoms. The summed E-state index contributed by atoms with van der Waals surface area (Å²) in [5.74, 6) is -1.20. The highest BCUT2D eigenvalue weighted by atomic mass is 32.1. The number of benzene rings is 1. The Bertz CT molecular complexity index is 1090. The molecule has 0 saturated heterocycles. The van der Waals surface area contributed by atoms with Gasteiger partial charge in [-0.1, -0.05) is 25.8 Å². The van der Waals surface area contributed by atoms with Crippen molar-refractivity contribution >= 4 is 39.4 Å². The van der Waals surface area contributed by atoms with Crippen molar-refractivity contribution in [1.82, 2.24) is 26.3 Å². The van der Waals surface area contributed by atoms with Gasteiger partial charge in [-0.2, -0.15) is 5.26 Å². The molecule has 10 heteroatoms. The summed E-state index contributed by atoms with van der Waals surface area (Å²) in [6.45, 7) is 3.89. The van der Waals surface area contributed by atoms with Crippen LogP contribution in [0.4, 0.5) is 4.79 Å². The van der Waals surface area contributed by atoms with Gasteiger partial charge in [-0.25, -0.2) is 9.78 Å². The van der Waals surface area contributed by atoms with E-state index in [9.17, 15) is 14.4 Å². The number of nitrogens with zero attached hydrogens (tertiary/aromatic N) is 2. The van der Waals surface area contributed by atoms with Crippen molar-refractivity contribution in [3.05, 3.63) is 28.8 Å². The number of thiazole rings is 1. The Morgan fingerprint density at radius 2 is 1.94 bits per heavy atom. The van der Waals surface area contributed by atoms with Crippen molar-refractivity contribution in [3.8, 4) is 6.07 Å². The number of amides is 4. The van der Waals surface area contributed by atoms with E-state index in [0.29, 0.717) is 0 Å². The number of carbonyl (C=O) groups excluding carboxylic acids is 3. The van der Waals surface area contributed by atoms with Gasteiger partial charge in [-0.3, -0.25) is 9.59 Å². The van der Waals surface area contributed by atoms with Crippen LogP contribution in [0.3, 0.4) is 0 Å². The first-order valence-corrected chi connectivity index (χ1v) is 13.0. The molecule has 3 rings (SSSR count). The Morgan fingerprint density at radius 3 is 2.60 bits per heavy atom. The molecule has 4 amide bonds. The number of rotatable bonds is 10. The van der Waals surface area contributed by atoms with Crippen LogP contribution in [-0.2, 0) is 22.4 Å². The summed E-state index contributed by atoms with van der Waals surface area (Å²) < 4.78 is 1.05. The Balaban J connectivity index is 1.75. The summed E-state index contributed by atoms with van der Waals surface area (Å²) in [6.07, 6.45) is 5.25. The van der Waals surface area contributed by atoms with Crippen LogP contribution >= 0.6 is 11.3 Å². The van der Waals surface area contributed by atoms with Gasteiger partial charge in [0.05, 0.1) is 21.3 Å². The molecule has 1 saturated carbocycles. The smallest absolute Gasteiger partial charge is 0.315 e. The van der Waals surface area contributed by atoms with Crippen LogP contribution in [0.1, 0.15) is 50.1 Å². The maximum atomic E-state index is 13.4. The summed E-state index contributed by atoms with van der Waals surface area (Å²) in [6, 6.07) is 6.52. The zero-order valence-corrected chi connectivity index (χ0v) is 21.3. The second-order valence-electron chi connectivity index (χ2n) is 9.00. The molecule has 1 aromatic carbocycles. The predicted octanol–water partition coefficient (Wildman–Crippen LogP) is 2.65. The second kappa shape index (κ2) is 12.5. The summed E-state index contributed by atoms with van der Waals surface area (Å²) in [4.78, 5) is 42.3. The summed E-state index contributed by atoms with van der Waals surface area (Å²) in [5, 5.41) is 20.9. The minimum absolute atomic E-state index is 0.229. The van der Waals surface area contributed by atoms with Gasteiger partial charge in [0, 0.05) is 26.1 Å². The van der Waals surface area contributed by atoms with Crippen LogP contribution in [0.2, 0.25) is 0 Å². The highest BCUT2D eigenvalue weighted by molar-refractivity contribution is 7.18. The molecule has 1 aliphatic rings. The minimum atomic E-state index is -0.821. The fourth-order valence-corrected chi connectivity index (χ4v) is 5.42. The Hall–Kier alpha value is -3.19. The van der Waals surface area contributed by atoms with Crippen molar-refractivity contribution in [2.24, 2.45) is 11.8 Å². The summed E-state index contributed by atoms with van der Waals surface area (Å²) >= 11 is 1.52. The highest BCUT2D eigenvalue weighted by Gasteiger charge is 2.31. The number of urea groups is 1. The molecule has 1 aliphatic carbocycles. The first-order chi connectivity index (χ1) is 16.8. The van der Waals surface area contributed by atoms with Crippen molar-refractivity contribution in [2.45, 2.75) is 64.5 Å². The molecule has 188 valence electrons. The van der Waals surface area contributed by atoms with Crippen LogP contribution in [0, 0.1) is 23.2 Å². The normalized spacial score (nSPS) is 16.2. The van der Waals surface area contributed by atoms with Gasteiger partial charge < -0.3 is 21.3 Å². The van der Waals surface area contributed by atoms with Gasteiger partial charge in [-0.15, -0.1) is 11.3 Å². The fraction of sp³-hybridized carbons (Fsp3) is 0.560. The second-order valence-corrected chi connectivity index (χ2v) is 10.1. The first-order valence-electron chi connectivity index (χ1n) is 12.2. The average molecular weight is 499 g/mol. The third kappa shape index (κ3) is 7.15. The molecule has 1 aromatic heterocycles. The third-order valence-corrected chi connectivity index (χ3v) is 7.55. The molecule has 4 N–H and O–H groups in total. The number of nitriles is 1. The average Bonchev–Trinajstić information content (AvgIpc) is 3.54. The highest BCUT2D eigenvalue weighted by Crippen LogP contribution is 2.28. The lowest BCUT2D eigenvalue weighted by atomic mass is 9.97. The molecule has 1 fully saturated rings. The molecule has 0 aliphatic heterocycles. The minimum Gasteiger partial charge on any atom is -0.353 e. The fourth-order valence-electron chi connectivity index (χ4n) is 4.34. The number of carbonyl (C=O) groups is 3. The summed E-state index contributed by atoms with van der Waals surface area (Å²) in [5.41, 5.74) is 2.09. The zero-order valence-electron chi connectivity index (χ0n) is 20.5. The number of aryl methyl sites for hydroxylation is 1. The van der Waals surface area contributed by atoms with Crippen molar-refractivity contribution in [1.29, 1.82) is 5.26 Å². The molecule has 0 radical (unpaired) electrons. The topological polar surface area (TPSA) is 136 Å². The monoisotopic (exact) mass is 498 g/mol. The Kier molecular flexibility index (Phi) is 9.43. The van der Waals surface area contributed by atoms with Crippen LogP contribution in [0.15, 0.2) is 18.2 Å². The third-order valence-electron chi connectivity index (χ3n) is 6.51. The molecule has 1 heterocycles. The van der Waals surface area contributed by atoms with Gasteiger partial charge in [0.1, 0.15) is 12.0 Å². The van der Waals surface area contributed by atoms with Crippen molar-refractivity contribution in [3.63, 3.8) is 0 Å². The lowest BCUT2D eigenvalue weighted by molar-refractivity contribution is -0.125. The number of aromatic nitrogens is 1. The van der Waals surface area contributed by atoms with E-state index in [1.165, 1.54) is 23.9 Å². The molecule has 9 nitrogen and oxygen atoms in total. The maximum absolute atomic E-state index is 13.4. The lowest BCUT2D eigenvalue weighted by Crippen LogP contribution is -2.56. The maximum Gasteiger partial charge on any atom is 0.315 e. The number of fused-ring (bicyclic) bond motifs is 1. The van der Waals surface area contributed by atoms with Gasteiger partial charge in [0.15, 0.2) is 0 Å². The molecule has 1 unspecified atom stereocenters. The molecule has 3 atom stereocenters. The Morgan fingerprint density at radius 1 is 1.20 bits per heavy atom. The largest absolute Gasteiger partial charge is 0.353 e. The SMILES string of the molecule is CCc1ccc2nc(C[C@H](NC(=O)NC)C(=O)N[C@H](CNC(=O)C(C)C#N)C3CCCC3)sc2c1. The van der Waals surface area contributed by atoms with E-state index in [1.807, 2.05) is 18.2 Å². The number of hydrogen-bond donors (Lipinski definition) is 4. The zero-order chi connectivity index (χ0) is 25.4. The number of nitrogens with one attached hydrogen (secondary N) is 4. The van der Waals surface area contributed by atoms with Crippen LogP contribution in [0.5, 0.6) is 0 Å². The molecule has 2 aromatic rings. The van der Waals surface area contributed by atoms with Gasteiger partial charge in [-0.05, 0) is 49.8 Å². The van der Waals surface area contributed by atoms with E-state index in [2.05, 4.69) is 39.2 Å². The van der Waals surface area contributed by atoms with Gasteiger partial charge in [0.2, 0.25) is 11.8 Å². The molecular weight excluding hydrogens is 464 g/mol. The van der Waals surface area contributed by atoms with Gasteiger partial charge in [0.25, 0.3) is 0 Å².